The standard InChI is InChI=1S/C19H19ClN2/c20-16-11-15-6-5-13-3-1-2-4-17(13)18(19(15)22-12-16)14-7-9-21-10-8-14/h1-4,7,11-12,18,21H,5-6,8-10H2. The maximum atomic E-state index is 6.19. The van der Waals surface area contributed by atoms with Crippen molar-refractivity contribution in [2.24, 2.45) is 0 Å². The minimum Gasteiger partial charge on any atom is -0.313 e. The number of hydrogen-bond acceptors (Lipinski definition) is 2. The fourth-order valence-electron chi connectivity index (χ4n) is 3.69. The Balaban J connectivity index is 1.92. The number of pyridine rings is 1. The zero-order chi connectivity index (χ0) is 14.9. The van der Waals surface area contributed by atoms with E-state index in [-0.39, 0.29) is 5.92 Å². The number of aromatic nitrogens is 1. The van der Waals surface area contributed by atoms with Gasteiger partial charge in [0.2, 0.25) is 0 Å². The van der Waals surface area contributed by atoms with Gasteiger partial charge in [0, 0.05) is 18.7 Å². The van der Waals surface area contributed by atoms with Crippen LogP contribution >= 0.6 is 11.6 Å². The van der Waals surface area contributed by atoms with Crippen LogP contribution in [0.2, 0.25) is 5.02 Å². The summed E-state index contributed by atoms with van der Waals surface area (Å²) >= 11 is 6.19. The zero-order valence-corrected chi connectivity index (χ0v) is 13.2. The van der Waals surface area contributed by atoms with Crippen LogP contribution in [0.25, 0.3) is 0 Å². The van der Waals surface area contributed by atoms with Crippen LogP contribution in [0.5, 0.6) is 0 Å². The van der Waals surface area contributed by atoms with Gasteiger partial charge in [-0.05, 0) is 48.6 Å². The number of rotatable bonds is 1. The molecule has 0 saturated heterocycles. The number of nitrogens with zero attached hydrogens (tertiary/aromatic N) is 1. The summed E-state index contributed by atoms with van der Waals surface area (Å²) in [6.45, 7) is 2.00. The number of fused-ring (bicyclic) bond motifs is 2. The van der Waals surface area contributed by atoms with Crippen LogP contribution in [0.15, 0.2) is 48.2 Å². The van der Waals surface area contributed by atoms with Crippen molar-refractivity contribution >= 4 is 11.6 Å². The molecule has 1 aliphatic carbocycles. The lowest BCUT2D eigenvalue weighted by Crippen LogP contribution is -2.23. The van der Waals surface area contributed by atoms with E-state index in [2.05, 4.69) is 41.7 Å². The summed E-state index contributed by atoms with van der Waals surface area (Å²) in [5, 5.41) is 4.15. The molecule has 4 rings (SSSR count). The summed E-state index contributed by atoms with van der Waals surface area (Å²) in [5.41, 5.74) is 6.85. The Morgan fingerprint density at radius 3 is 2.82 bits per heavy atom. The Bertz CT molecular complexity index is 736. The third-order valence-electron chi connectivity index (χ3n) is 4.74. The van der Waals surface area contributed by atoms with Gasteiger partial charge in [0.1, 0.15) is 0 Å². The summed E-state index contributed by atoms with van der Waals surface area (Å²) in [7, 11) is 0. The number of hydrogen-bond donors (Lipinski definition) is 1. The molecule has 0 bridgehead atoms. The quantitative estimate of drug-likeness (QED) is 0.808. The van der Waals surface area contributed by atoms with Gasteiger partial charge in [-0.25, -0.2) is 0 Å². The van der Waals surface area contributed by atoms with Crippen molar-refractivity contribution in [1.82, 2.24) is 10.3 Å². The van der Waals surface area contributed by atoms with E-state index in [9.17, 15) is 0 Å². The molecule has 0 saturated carbocycles. The minimum atomic E-state index is 0.285. The molecule has 1 unspecified atom stereocenters. The summed E-state index contributed by atoms with van der Waals surface area (Å²) < 4.78 is 0. The molecule has 1 aromatic heterocycles. The Kier molecular flexibility index (Phi) is 3.73. The molecule has 2 heterocycles. The molecule has 22 heavy (non-hydrogen) atoms. The third-order valence-corrected chi connectivity index (χ3v) is 4.95. The van der Waals surface area contributed by atoms with Crippen LogP contribution in [0.4, 0.5) is 0 Å². The molecule has 1 aliphatic heterocycles. The van der Waals surface area contributed by atoms with Crippen LogP contribution in [0, 0.1) is 0 Å². The predicted molar refractivity (Wildman–Crippen MR) is 90.5 cm³/mol. The molecular weight excluding hydrogens is 292 g/mol. The lowest BCUT2D eigenvalue weighted by molar-refractivity contribution is 0.667. The van der Waals surface area contributed by atoms with E-state index in [0.29, 0.717) is 0 Å². The van der Waals surface area contributed by atoms with Crippen molar-refractivity contribution in [3.05, 3.63) is 75.6 Å². The third kappa shape index (κ3) is 2.47. The van der Waals surface area contributed by atoms with Crippen molar-refractivity contribution in [1.29, 1.82) is 0 Å². The van der Waals surface area contributed by atoms with Gasteiger partial charge < -0.3 is 5.32 Å². The molecule has 0 radical (unpaired) electrons. The number of nitrogens with one attached hydrogen (secondary N) is 1. The Hall–Kier alpha value is -1.64. The van der Waals surface area contributed by atoms with Crippen molar-refractivity contribution in [2.45, 2.75) is 25.2 Å². The molecule has 0 amide bonds. The highest BCUT2D eigenvalue weighted by Gasteiger charge is 2.28. The van der Waals surface area contributed by atoms with Crippen molar-refractivity contribution < 1.29 is 0 Å². The normalized spacial score (nSPS) is 20.6. The Morgan fingerprint density at radius 1 is 1.09 bits per heavy atom. The monoisotopic (exact) mass is 310 g/mol. The second kappa shape index (κ2) is 5.86. The van der Waals surface area contributed by atoms with Crippen molar-refractivity contribution in [3.63, 3.8) is 0 Å². The molecule has 3 heteroatoms. The maximum Gasteiger partial charge on any atom is 0.0592 e. The molecule has 2 aliphatic rings. The van der Waals surface area contributed by atoms with Gasteiger partial charge in [-0.3, -0.25) is 4.98 Å². The first-order valence-corrected chi connectivity index (χ1v) is 8.32. The van der Waals surface area contributed by atoms with Gasteiger partial charge in [-0.2, -0.15) is 0 Å². The maximum absolute atomic E-state index is 6.19. The summed E-state index contributed by atoms with van der Waals surface area (Å²) in [6.07, 6.45) is 7.30. The molecule has 0 fully saturated rings. The highest BCUT2D eigenvalue weighted by molar-refractivity contribution is 6.30. The van der Waals surface area contributed by atoms with Gasteiger partial charge in [0.05, 0.1) is 10.7 Å². The number of halogens is 1. The Labute approximate surface area is 136 Å². The van der Waals surface area contributed by atoms with E-state index in [1.165, 1.54) is 28.0 Å². The van der Waals surface area contributed by atoms with E-state index in [1.807, 2.05) is 0 Å². The van der Waals surface area contributed by atoms with Crippen LogP contribution in [-0.4, -0.2) is 18.1 Å². The second-order valence-electron chi connectivity index (χ2n) is 6.06. The molecule has 1 N–H and O–H groups in total. The van der Waals surface area contributed by atoms with Crippen LogP contribution < -0.4 is 5.32 Å². The largest absolute Gasteiger partial charge is 0.313 e. The molecule has 1 aromatic carbocycles. The number of benzene rings is 1. The van der Waals surface area contributed by atoms with Gasteiger partial charge >= 0.3 is 0 Å². The van der Waals surface area contributed by atoms with Crippen molar-refractivity contribution in [3.8, 4) is 0 Å². The second-order valence-corrected chi connectivity index (χ2v) is 6.50. The molecular formula is C19H19ClN2. The van der Waals surface area contributed by atoms with Gasteiger partial charge in [-0.1, -0.05) is 47.5 Å². The summed E-state index contributed by atoms with van der Waals surface area (Å²) in [5.74, 6) is 0.285. The highest BCUT2D eigenvalue weighted by Crippen LogP contribution is 2.39. The van der Waals surface area contributed by atoms with E-state index < -0.39 is 0 Å². The number of aryl methyl sites for hydroxylation is 2. The fraction of sp³-hybridized carbons (Fsp3) is 0.316. The van der Waals surface area contributed by atoms with Gasteiger partial charge in [0.15, 0.2) is 0 Å². The first-order valence-electron chi connectivity index (χ1n) is 7.94. The SMILES string of the molecule is Clc1cnc2c(c1)CCc1ccccc1C2C1=CCNCC1. The average molecular weight is 311 g/mol. The molecule has 0 spiro atoms. The zero-order valence-electron chi connectivity index (χ0n) is 12.5. The van der Waals surface area contributed by atoms with Crippen molar-refractivity contribution in [2.75, 3.05) is 13.1 Å². The van der Waals surface area contributed by atoms with E-state index >= 15 is 0 Å². The van der Waals surface area contributed by atoms with Gasteiger partial charge in [-0.15, -0.1) is 0 Å². The first kappa shape index (κ1) is 14.0. The first-order chi connectivity index (χ1) is 10.8. The smallest absolute Gasteiger partial charge is 0.0592 e. The van der Waals surface area contributed by atoms with Crippen LogP contribution in [0.3, 0.4) is 0 Å². The Morgan fingerprint density at radius 2 is 1.95 bits per heavy atom. The molecule has 2 nitrogen and oxygen atoms in total. The van der Waals surface area contributed by atoms with Crippen LogP contribution in [0.1, 0.15) is 34.7 Å². The van der Waals surface area contributed by atoms with E-state index in [4.69, 9.17) is 16.6 Å². The highest BCUT2D eigenvalue weighted by atomic mass is 35.5. The minimum absolute atomic E-state index is 0.285. The van der Waals surface area contributed by atoms with E-state index in [0.717, 1.165) is 37.4 Å². The molecule has 1 atom stereocenters. The fourth-order valence-corrected chi connectivity index (χ4v) is 3.87. The summed E-state index contributed by atoms with van der Waals surface area (Å²) in [4.78, 5) is 4.74. The van der Waals surface area contributed by atoms with E-state index in [1.54, 1.807) is 6.20 Å². The van der Waals surface area contributed by atoms with Crippen LogP contribution in [-0.2, 0) is 12.8 Å². The van der Waals surface area contributed by atoms with Gasteiger partial charge in [0.25, 0.3) is 0 Å². The molecule has 112 valence electrons. The topological polar surface area (TPSA) is 24.9 Å². The predicted octanol–water partition coefficient (Wildman–Crippen LogP) is 3.89. The molecule has 2 aromatic rings. The lowest BCUT2D eigenvalue weighted by Gasteiger charge is -2.25. The lowest BCUT2D eigenvalue weighted by atomic mass is 9.83. The average Bonchev–Trinajstić information content (AvgIpc) is 2.72. The summed E-state index contributed by atoms with van der Waals surface area (Å²) in [6, 6.07) is 10.9.